The molecule has 130 heavy (non-hydrogen) atoms. The number of carbonyl (C=O) groups is 2. The molecule has 6 aromatic carbocycles. The van der Waals surface area contributed by atoms with Crippen molar-refractivity contribution in [3.63, 3.8) is 0 Å². The SMILES string of the molecule is COc1cc(Nc2ncc3c(=O)n4n(c3n2)-c2ccc3c(c2)N(CCCC=CC4)C(=O)C(C)(C)O3)ccc1N1CCN(C)CC1.COc1cc(Nc2ncc3c(=O)n4n(c3n2)-c2ccc3c(c2)N(CCCC=CC4)C(=O)CC3)ccc1N1CCN(C)CC1.COc1cc(Nc2ncc3c(=O)n4n(c3n2)-c2ccc3c(c2)N(CCCC=CC4)CCO3)ccc1N1CCN(C)CC1. The summed E-state index contributed by atoms with van der Waals surface area (Å²) in [6.45, 7) is 20.2. The third kappa shape index (κ3) is 17.1. The number of likely N-dealkylation sites (N-methyl/N-ethyl adjacent to an activating group) is 3. The molecule has 3 fully saturated rings. The van der Waals surface area contributed by atoms with Crippen molar-refractivity contribution >= 4 is 114 Å². The molecule has 34 heteroatoms. The third-order valence-corrected chi connectivity index (χ3v) is 25.8. The number of aromatic nitrogens is 12. The van der Waals surface area contributed by atoms with Gasteiger partial charge in [-0.25, -0.2) is 43.0 Å². The van der Waals surface area contributed by atoms with Gasteiger partial charge in [-0.1, -0.05) is 42.5 Å². The highest BCUT2D eigenvalue weighted by molar-refractivity contribution is 6.03. The Bertz CT molecular complexity index is 6600. The van der Waals surface area contributed by atoms with E-state index in [1.54, 1.807) is 77.4 Å². The second-order valence-corrected chi connectivity index (χ2v) is 34.7. The van der Waals surface area contributed by atoms with E-state index in [0.717, 1.165) is 222 Å². The lowest BCUT2D eigenvalue weighted by molar-refractivity contribution is -0.132. The summed E-state index contributed by atoms with van der Waals surface area (Å²) in [4.78, 5) is 115. The van der Waals surface area contributed by atoms with Crippen molar-refractivity contribution in [2.45, 2.75) is 90.4 Å². The maximum atomic E-state index is 13.7. The van der Waals surface area contributed by atoms with Crippen molar-refractivity contribution < 1.29 is 33.3 Å². The van der Waals surface area contributed by atoms with E-state index in [4.69, 9.17) is 38.6 Å². The molecule has 12 aromatic rings. The van der Waals surface area contributed by atoms with Gasteiger partial charge in [0.1, 0.15) is 51.5 Å². The van der Waals surface area contributed by atoms with Crippen molar-refractivity contribution in [3.8, 4) is 45.8 Å². The van der Waals surface area contributed by atoms with E-state index in [2.05, 4.69) is 141 Å². The quantitative estimate of drug-likeness (QED) is 0.0957. The van der Waals surface area contributed by atoms with Crippen LogP contribution in [0.5, 0.6) is 28.7 Å². The van der Waals surface area contributed by atoms with Gasteiger partial charge < -0.3 is 83.7 Å². The Morgan fingerprint density at radius 2 is 0.762 bits per heavy atom. The summed E-state index contributed by atoms with van der Waals surface area (Å²) < 4.78 is 40.0. The number of hydrogen-bond acceptors (Lipinski definition) is 26. The summed E-state index contributed by atoms with van der Waals surface area (Å²) in [5.74, 6) is 5.01. The van der Waals surface area contributed by atoms with Gasteiger partial charge in [-0.2, -0.15) is 15.0 Å². The van der Waals surface area contributed by atoms with E-state index in [1.165, 1.54) is 0 Å². The number of rotatable bonds is 12. The molecule has 674 valence electrons. The standard InChI is InChI=1S/C33H38N8O4.C32H36N8O3.C31H36N8O3/c1-33(2)31(43)39-13-7-5-6-8-14-40-30(42)24-21-34-32(36-29(24)41(40)23-10-12-27(45-33)26(39)20-23)35-22-9-11-25(28(19-22)44-4)38-17-15-37(3)16-18-38;1-36-15-17-37(18-16-36)26-11-9-23(19-28(26)43-2)34-32-33-21-25-30(35-32)40-24-10-7-22-8-12-29(41)38(27(22)20-24)13-5-3-4-6-14-39(40)31(25)42;1-35-13-15-37(16-14-35)25-9-7-22(19-28(25)41-2)33-31-32-21-24-29(34-31)39-23-8-10-27-26(20-23)36(17-18-42-27)11-5-3-4-6-12-38(39)30(24)40/h6,8-12,19-21H,5,7,13-18H2,1-4H3,(H,34,35,36);4,6-7,9-11,19-21H,3,5,8,12-18H2,1-2H3,(H,33,34,35);4,6-10,19-21H,3,5,11-18H2,1-2H3,(H,32,33,34). The Kier molecular flexibility index (Phi) is 24.1. The fourth-order valence-corrected chi connectivity index (χ4v) is 18.6. The van der Waals surface area contributed by atoms with Crippen molar-refractivity contribution in [2.24, 2.45) is 0 Å². The molecule has 0 radical (unpaired) electrons. The fourth-order valence-electron chi connectivity index (χ4n) is 18.6. The smallest absolute Gasteiger partial charge is 0.278 e. The van der Waals surface area contributed by atoms with Crippen LogP contribution in [0.1, 0.15) is 64.4 Å². The molecule has 21 rings (SSSR count). The molecule has 2 amide bonds. The molecule has 9 aliphatic heterocycles. The molecule has 9 aliphatic rings. The lowest BCUT2D eigenvalue weighted by Crippen LogP contribution is -2.52. The van der Waals surface area contributed by atoms with E-state index in [1.807, 2.05) is 105 Å². The molecule has 0 aliphatic carbocycles. The Morgan fingerprint density at radius 3 is 1.19 bits per heavy atom. The second-order valence-electron chi connectivity index (χ2n) is 34.7. The van der Waals surface area contributed by atoms with Crippen LogP contribution in [0.3, 0.4) is 0 Å². The van der Waals surface area contributed by atoms with Crippen LogP contribution >= 0.6 is 0 Å². The van der Waals surface area contributed by atoms with Crippen molar-refractivity contribution in [1.29, 1.82) is 0 Å². The predicted molar refractivity (Wildman–Crippen MR) is 508 cm³/mol. The summed E-state index contributed by atoms with van der Waals surface area (Å²) in [7, 11) is 11.5. The van der Waals surface area contributed by atoms with Gasteiger partial charge in [-0.15, -0.1) is 0 Å². The van der Waals surface area contributed by atoms with Gasteiger partial charge in [0.25, 0.3) is 22.6 Å². The van der Waals surface area contributed by atoms with Gasteiger partial charge in [-0.3, -0.25) is 24.0 Å². The van der Waals surface area contributed by atoms with E-state index in [0.29, 0.717) is 114 Å². The average Bonchev–Trinajstić information content (AvgIpc) is 1.55. The Labute approximate surface area is 752 Å². The molecule has 0 atom stereocenters. The number of fused-ring (bicyclic) bond motifs is 15. The number of amides is 2. The minimum absolute atomic E-state index is 0.0918. The number of nitrogens with one attached hydrogen (secondary N) is 3. The van der Waals surface area contributed by atoms with Crippen LogP contribution in [0.2, 0.25) is 0 Å². The van der Waals surface area contributed by atoms with Crippen molar-refractivity contribution in [2.75, 3.05) is 199 Å². The number of aryl methyl sites for hydroxylation is 1. The zero-order chi connectivity index (χ0) is 89.4. The third-order valence-electron chi connectivity index (χ3n) is 25.8. The molecular formula is C96H110N24O10. The minimum atomic E-state index is -0.969. The maximum Gasteiger partial charge on any atom is 0.278 e. The highest BCUT2D eigenvalue weighted by Crippen LogP contribution is 2.43. The first kappa shape index (κ1) is 85.4. The topological polar surface area (TPSA) is 304 Å². The maximum absolute atomic E-state index is 13.7. The van der Waals surface area contributed by atoms with E-state index in [-0.39, 0.29) is 28.5 Å². The normalized spacial score (nSPS) is 17.6. The first-order valence-electron chi connectivity index (χ1n) is 45.0. The lowest BCUT2D eigenvalue weighted by atomic mass is 10.00. The number of ether oxygens (including phenoxy) is 5. The lowest BCUT2D eigenvalue weighted by Gasteiger charge is -2.39. The Balaban J connectivity index is 0.000000126. The minimum Gasteiger partial charge on any atom is -0.495 e. The molecule has 0 spiro atoms. The van der Waals surface area contributed by atoms with Crippen LogP contribution in [-0.2, 0) is 35.6 Å². The largest absolute Gasteiger partial charge is 0.495 e. The summed E-state index contributed by atoms with van der Waals surface area (Å²) in [6, 6.07) is 35.9. The molecular weight excluding hydrogens is 1650 g/mol. The number of carbonyl (C=O) groups excluding carboxylic acids is 2. The van der Waals surface area contributed by atoms with Crippen molar-refractivity contribution in [1.82, 2.24) is 72.7 Å². The zero-order valence-corrected chi connectivity index (χ0v) is 74.9. The summed E-state index contributed by atoms with van der Waals surface area (Å²) >= 11 is 0. The number of methoxy groups -OCH3 is 3. The molecule has 6 bridgehead atoms. The highest BCUT2D eigenvalue weighted by Gasteiger charge is 2.42. The second kappa shape index (κ2) is 36.6. The van der Waals surface area contributed by atoms with Gasteiger partial charge in [-0.05, 0) is 170 Å². The fraction of sp³-hybridized carbons (Fsp3) is 0.385. The Hall–Kier alpha value is -14.0. The van der Waals surface area contributed by atoms with Crippen LogP contribution < -0.4 is 85.7 Å². The van der Waals surface area contributed by atoms with E-state index < -0.39 is 5.60 Å². The van der Waals surface area contributed by atoms with Gasteiger partial charge in [0, 0.05) is 164 Å². The number of anilines is 12. The van der Waals surface area contributed by atoms with Gasteiger partial charge in [0.2, 0.25) is 23.8 Å². The molecule has 15 heterocycles. The molecule has 6 aromatic heterocycles. The first-order chi connectivity index (χ1) is 63.3. The van der Waals surface area contributed by atoms with Gasteiger partial charge in [0.05, 0.1) is 93.0 Å². The van der Waals surface area contributed by atoms with Crippen LogP contribution in [0.15, 0.2) is 179 Å². The number of hydrogen-bond donors (Lipinski definition) is 3. The number of benzene rings is 6. The molecule has 3 saturated heterocycles. The highest BCUT2D eigenvalue weighted by atomic mass is 16.5. The first-order valence-corrected chi connectivity index (χ1v) is 45.0. The van der Waals surface area contributed by atoms with Crippen LogP contribution in [-0.4, -0.2) is 244 Å². The van der Waals surface area contributed by atoms with Crippen LogP contribution in [0, 0.1) is 0 Å². The Morgan fingerprint density at radius 1 is 0.377 bits per heavy atom. The summed E-state index contributed by atoms with van der Waals surface area (Å²) in [5.41, 5.74) is 11.7. The molecule has 0 unspecified atom stereocenters. The van der Waals surface area contributed by atoms with Crippen LogP contribution in [0.25, 0.3) is 50.2 Å². The predicted octanol–water partition coefficient (Wildman–Crippen LogP) is 11.3. The average molecular weight is 1760 g/mol. The van der Waals surface area contributed by atoms with Gasteiger partial charge >= 0.3 is 0 Å². The van der Waals surface area contributed by atoms with Crippen LogP contribution in [0.4, 0.5) is 69.0 Å². The number of allylic oxidation sites excluding steroid dienone is 6. The summed E-state index contributed by atoms with van der Waals surface area (Å²) in [6.07, 6.45) is 23.6. The van der Waals surface area contributed by atoms with E-state index in [9.17, 15) is 24.0 Å². The number of piperazine rings is 3. The zero-order valence-electron chi connectivity index (χ0n) is 74.9. The number of nitrogens with zero attached hydrogens (tertiary/aromatic N) is 21. The monoisotopic (exact) mass is 1760 g/mol. The molecule has 0 saturated carbocycles. The van der Waals surface area contributed by atoms with Crippen molar-refractivity contribution in [3.05, 3.63) is 201 Å². The molecule has 3 N–H and O–H groups in total. The molecule has 34 nitrogen and oxygen atoms in total. The van der Waals surface area contributed by atoms with Gasteiger partial charge in [0.15, 0.2) is 22.5 Å². The summed E-state index contributed by atoms with van der Waals surface area (Å²) in [5, 5.41) is 11.3. The van der Waals surface area contributed by atoms with E-state index >= 15 is 0 Å².